The zero-order chi connectivity index (χ0) is 10.7. The van der Waals surface area contributed by atoms with Crippen molar-refractivity contribution in [3.63, 3.8) is 0 Å². The van der Waals surface area contributed by atoms with E-state index in [0.717, 1.165) is 16.7 Å². The van der Waals surface area contributed by atoms with Crippen molar-refractivity contribution in [1.82, 2.24) is 0 Å². The number of carbonyl (C=O) groups excluding carboxylic acids is 1. The number of esters is 1. The molecule has 1 rings (SSSR count). The van der Waals surface area contributed by atoms with Crippen LogP contribution in [-0.4, -0.2) is 13.1 Å². The van der Waals surface area contributed by atoms with Crippen molar-refractivity contribution in [2.24, 2.45) is 0 Å². The maximum atomic E-state index is 11.4. The van der Waals surface area contributed by atoms with Crippen molar-refractivity contribution >= 4 is 17.6 Å². The van der Waals surface area contributed by atoms with Crippen LogP contribution in [0.25, 0.3) is 0 Å². The number of hydrogen-bond acceptors (Lipinski definition) is 2. The van der Waals surface area contributed by atoms with E-state index in [1.54, 1.807) is 0 Å². The monoisotopic (exact) mass is 212 g/mol. The van der Waals surface area contributed by atoms with Crippen LogP contribution in [0.2, 0.25) is 0 Å². The summed E-state index contributed by atoms with van der Waals surface area (Å²) in [4.78, 5) is 11.4. The fourth-order valence-electron chi connectivity index (χ4n) is 1.39. The fourth-order valence-corrected chi connectivity index (χ4v) is 1.67. The molecule has 76 valence electrons. The number of ether oxygens (including phenoxy) is 1. The van der Waals surface area contributed by atoms with Gasteiger partial charge in [-0.3, -0.25) is 0 Å². The molecule has 0 aliphatic rings. The number of benzene rings is 1. The zero-order valence-corrected chi connectivity index (χ0v) is 9.31. The van der Waals surface area contributed by atoms with Crippen molar-refractivity contribution in [3.8, 4) is 0 Å². The first-order valence-electron chi connectivity index (χ1n) is 4.34. The summed E-state index contributed by atoms with van der Waals surface area (Å²) in [5, 5.41) is 0. The van der Waals surface area contributed by atoms with E-state index in [2.05, 4.69) is 4.74 Å². The van der Waals surface area contributed by atoms with Crippen LogP contribution in [-0.2, 0) is 10.6 Å². The molecule has 0 spiro atoms. The molecule has 0 aliphatic carbocycles. The SMILES string of the molecule is COC(=O)c1cc(C)cc(CCl)c1C. The average molecular weight is 213 g/mol. The van der Waals surface area contributed by atoms with E-state index >= 15 is 0 Å². The maximum Gasteiger partial charge on any atom is 0.338 e. The van der Waals surface area contributed by atoms with Gasteiger partial charge in [0.15, 0.2) is 0 Å². The topological polar surface area (TPSA) is 26.3 Å². The number of methoxy groups -OCH3 is 1. The van der Waals surface area contributed by atoms with Crippen molar-refractivity contribution in [3.05, 3.63) is 34.4 Å². The predicted molar refractivity (Wildman–Crippen MR) is 56.8 cm³/mol. The minimum atomic E-state index is -0.308. The van der Waals surface area contributed by atoms with E-state index in [-0.39, 0.29) is 5.97 Å². The molecule has 14 heavy (non-hydrogen) atoms. The second kappa shape index (κ2) is 4.47. The molecule has 3 heteroatoms. The lowest BCUT2D eigenvalue weighted by atomic mass is 10.0. The standard InChI is InChI=1S/C11H13ClO2/c1-7-4-9(6-12)8(2)10(5-7)11(13)14-3/h4-5H,6H2,1-3H3. The minimum absolute atomic E-state index is 0.308. The van der Waals surface area contributed by atoms with E-state index in [9.17, 15) is 4.79 Å². The van der Waals surface area contributed by atoms with Crippen LogP contribution in [0, 0.1) is 13.8 Å². The summed E-state index contributed by atoms with van der Waals surface area (Å²) in [5.74, 6) is 0.106. The van der Waals surface area contributed by atoms with Crippen LogP contribution in [0.15, 0.2) is 12.1 Å². The summed E-state index contributed by atoms with van der Waals surface area (Å²) >= 11 is 5.77. The van der Waals surface area contributed by atoms with Crippen molar-refractivity contribution < 1.29 is 9.53 Å². The molecule has 0 amide bonds. The Bertz CT molecular complexity index is 359. The summed E-state index contributed by atoms with van der Waals surface area (Å²) in [6, 6.07) is 3.80. The third-order valence-corrected chi connectivity index (χ3v) is 2.50. The van der Waals surface area contributed by atoms with E-state index < -0.39 is 0 Å². The van der Waals surface area contributed by atoms with Gasteiger partial charge in [0.25, 0.3) is 0 Å². The van der Waals surface area contributed by atoms with Crippen LogP contribution < -0.4 is 0 Å². The van der Waals surface area contributed by atoms with Gasteiger partial charge >= 0.3 is 5.97 Å². The molecule has 0 aliphatic heterocycles. The van der Waals surface area contributed by atoms with E-state index in [1.807, 2.05) is 26.0 Å². The second-order valence-corrected chi connectivity index (χ2v) is 3.49. The summed E-state index contributed by atoms with van der Waals surface area (Å²) in [6.45, 7) is 3.81. The lowest BCUT2D eigenvalue weighted by Crippen LogP contribution is -2.06. The molecule has 0 aromatic heterocycles. The lowest BCUT2D eigenvalue weighted by Gasteiger charge is -2.09. The number of rotatable bonds is 2. The van der Waals surface area contributed by atoms with Gasteiger partial charge < -0.3 is 4.74 Å². The van der Waals surface area contributed by atoms with Gasteiger partial charge in [0, 0.05) is 5.88 Å². The molecule has 2 nitrogen and oxygen atoms in total. The predicted octanol–water partition coefficient (Wildman–Crippen LogP) is 2.83. The Labute approximate surface area is 88.8 Å². The smallest absolute Gasteiger partial charge is 0.338 e. The molecule has 0 saturated heterocycles. The summed E-state index contributed by atoms with van der Waals surface area (Å²) in [6.07, 6.45) is 0. The molecule has 0 bridgehead atoms. The van der Waals surface area contributed by atoms with Crippen LogP contribution in [0.3, 0.4) is 0 Å². The van der Waals surface area contributed by atoms with Crippen LogP contribution in [0.1, 0.15) is 27.0 Å². The first kappa shape index (κ1) is 11.1. The van der Waals surface area contributed by atoms with E-state index in [4.69, 9.17) is 11.6 Å². The summed E-state index contributed by atoms with van der Waals surface area (Å²) in [5.41, 5.74) is 3.50. The Morgan fingerprint density at radius 1 is 1.43 bits per heavy atom. The van der Waals surface area contributed by atoms with Crippen LogP contribution >= 0.6 is 11.6 Å². The molecule has 0 fully saturated rings. The Balaban J connectivity index is 3.29. The van der Waals surface area contributed by atoms with Crippen LogP contribution in [0.4, 0.5) is 0 Å². The third-order valence-electron chi connectivity index (χ3n) is 2.21. The van der Waals surface area contributed by atoms with Crippen molar-refractivity contribution in [1.29, 1.82) is 0 Å². The van der Waals surface area contributed by atoms with Gasteiger partial charge in [-0.2, -0.15) is 0 Å². The molecule has 0 radical (unpaired) electrons. The Morgan fingerprint density at radius 2 is 2.07 bits per heavy atom. The second-order valence-electron chi connectivity index (χ2n) is 3.22. The van der Waals surface area contributed by atoms with Crippen molar-refractivity contribution in [2.75, 3.05) is 7.11 Å². The number of alkyl halides is 1. The lowest BCUT2D eigenvalue weighted by molar-refractivity contribution is 0.0599. The van der Waals surface area contributed by atoms with Crippen molar-refractivity contribution in [2.45, 2.75) is 19.7 Å². The number of aryl methyl sites for hydroxylation is 1. The maximum absolute atomic E-state index is 11.4. The highest BCUT2D eigenvalue weighted by molar-refractivity contribution is 6.17. The largest absolute Gasteiger partial charge is 0.465 e. The summed E-state index contributed by atoms with van der Waals surface area (Å²) < 4.78 is 4.69. The number of carbonyl (C=O) groups is 1. The normalized spacial score (nSPS) is 10.0. The Kier molecular flexibility index (Phi) is 3.53. The molecular weight excluding hydrogens is 200 g/mol. The molecule has 0 N–H and O–H groups in total. The highest BCUT2D eigenvalue weighted by Gasteiger charge is 2.12. The van der Waals surface area contributed by atoms with Gasteiger partial charge in [0.05, 0.1) is 12.7 Å². The summed E-state index contributed by atoms with van der Waals surface area (Å²) in [7, 11) is 1.38. The molecular formula is C11H13ClO2. The van der Waals surface area contributed by atoms with Gasteiger partial charge in [-0.05, 0) is 36.6 Å². The first-order chi connectivity index (χ1) is 6.60. The quantitative estimate of drug-likeness (QED) is 0.557. The number of hydrogen-bond donors (Lipinski definition) is 0. The molecule has 1 aromatic rings. The van der Waals surface area contributed by atoms with E-state index in [0.29, 0.717) is 11.4 Å². The Morgan fingerprint density at radius 3 is 2.57 bits per heavy atom. The molecule has 0 saturated carbocycles. The van der Waals surface area contributed by atoms with Gasteiger partial charge in [-0.15, -0.1) is 11.6 Å². The van der Waals surface area contributed by atoms with Gasteiger partial charge in [-0.1, -0.05) is 6.07 Å². The van der Waals surface area contributed by atoms with Gasteiger partial charge in [0.2, 0.25) is 0 Å². The fraction of sp³-hybridized carbons (Fsp3) is 0.364. The van der Waals surface area contributed by atoms with Gasteiger partial charge in [0.1, 0.15) is 0 Å². The highest BCUT2D eigenvalue weighted by atomic mass is 35.5. The minimum Gasteiger partial charge on any atom is -0.465 e. The third kappa shape index (κ3) is 2.07. The molecule has 0 atom stereocenters. The Hall–Kier alpha value is -1.02. The molecule has 1 aromatic carbocycles. The van der Waals surface area contributed by atoms with Gasteiger partial charge in [-0.25, -0.2) is 4.79 Å². The van der Waals surface area contributed by atoms with Crippen LogP contribution in [0.5, 0.6) is 0 Å². The molecule has 0 heterocycles. The first-order valence-corrected chi connectivity index (χ1v) is 4.88. The zero-order valence-electron chi connectivity index (χ0n) is 8.56. The average Bonchev–Trinajstić information content (AvgIpc) is 2.19. The highest BCUT2D eigenvalue weighted by Crippen LogP contribution is 2.19. The number of halogens is 1. The molecule has 0 unspecified atom stereocenters. The van der Waals surface area contributed by atoms with E-state index in [1.165, 1.54) is 7.11 Å².